The van der Waals surface area contributed by atoms with E-state index in [0.717, 1.165) is 5.56 Å². The average Bonchev–Trinajstić information content (AvgIpc) is 3.34. The number of hydrogen-bond acceptors (Lipinski definition) is 6. The highest BCUT2D eigenvalue weighted by Gasteiger charge is 2.32. The highest BCUT2D eigenvalue weighted by molar-refractivity contribution is 7.89. The molecule has 1 fully saturated rings. The van der Waals surface area contributed by atoms with E-state index in [0.29, 0.717) is 36.7 Å². The van der Waals surface area contributed by atoms with Gasteiger partial charge in [-0.25, -0.2) is 18.2 Å². The molecule has 0 bridgehead atoms. The number of ether oxygens (including phenoxy) is 1. The number of halogens is 1. The van der Waals surface area contributed by atoms with Gasteiger partial charge in [-0.2, -0.15) is 9.41 Å². The summed E-state index contributed by atoms with van der Waals surface area (Å²) in [6.07, 6.45) is 2.18. The SMILES string of the molecule is CCOc1ccc(S(=O)(=O)N2CCC(C(=O)N/N=C/c3ccc(-c4ccc(F)cc4)o3)CC2)cc1. The lowest BCUT2D eigenvalue weighted by Gasteiger charge is -2.30. The van der Waals surface area contributed by atoms with Gasteiger partial charge in [-0.15, -0.1) is 0 Å². The fourth-order valence-electron chi connectivity index (χ4n) is 3.82. The molecular formula is C25H26FN3O5S. The third-order valence-electron chi connectivity index (χ3n) is 5.72. The molecule has 2 aromatic carbocycles. The van der Waals surface area contributed by atoms with Crippen LogP contribution in [0.1, 0.15) is 25.5 Å². The van der Waals surface area contributed by atoms with E-state index in [-0.39, 0.29) is 35.6 Å². The Morgan fingerprint density at radius 2 is 1.80 bits per heavy atom. The van der Waals surface area contributed by atoms with Gasteiger partial charge < -0.3 is 9.15 Å². The second-order valence-corrected chi connectivity index (χ2v) is 9.96. The summed E-state index contributed by atoms with van der Waals surface area (Å²) in [5.74, 6) is 0.655. The summed E-state index contributed by atoms with van der Waals surface area (Å²) in [5.41, 5.74) is 3.22. The lowest BCUT2D eigenvalue weighted by Crippen LogP contribution is -2.42. The van der Waals surface area contributed by atoms with Crippen LogP contribution >= 0.6 is 0 Å². The maximum Gasteiger partial charge on any atom is 0.243 e. The molecule has 8 nitrogen and oxygen atoms in total. The van der Waals surface area contributed by atoms with E-state index >= 15 is 0 Å². The summed E-state index contributed by atoms with van der Waals surface area (Å²) < 4.78 is 51.3. The molecule has 1 aromatic heterocycles. The first kappa shape index (κ1) is 24.6. The first-order chi connectivity index (χ1) is 16.9. The Labute approximate surface area is 203 Å². The highest BCUT2D eigenvalue weighted by atomic mass is 32.2. The van der Waals surface area contributed by atoms with Crippen molar-refractivity contribution in [2.75, 3.05) is 19.7 Å². The Balaban J connectivity index is 1.28. The van der Waals surface area contributed by atoms with Crippen LogP contribution < -0.4 is 10.2 Å². The van der Waals surface area contributed by atoms with Crippen molar-refractivity contribution in [1.82, 2.24) is 9.73 Å². The van der Waals surface area contributed by atoms with Gasteiger partial charge in [-0.1, -0.05) is 0 Å². The predicted octanol–water partition coefficient (Wildman–Crippen LogP) is 4.04. The van der Waals surface area contributed by atoms with Gasteiger partial charge in [0.05, 0.1) is 17.7 Å². The topological polar surface area (TPSA) is 101 Å². The molecule has 1 aliphatic heterocycles. The van der Waals surface area contributed by atoms with Crippen molar-refractivity contribution in [2.24, 2.45) is 11.0 Å². The van der Waals surface area contributed by atoms with Crippen LogP contribution in [0.2, 0.25) is 0 Å². The minimum Gasteiger partial charge on any atom is -0.494 e. The minimum absolute atomic E-state index is 0.201. The zero-order valence-electron chi connectivity index (χ0n) is 19.2. The number of carbonyl (C=O) groups is 1. The number of nitrogens with one attached hydrogen (secondary N) is 1. The van der Waals surface area contributed by atoms with Crippen LogP contribution in [0.5, 0.6) is 5.75 Å². The fourth-order valence-corrected chi connectivity index (χ4v) is 5.29. The molecule has 1 aliphatic rings. The van der Waals surface area contributed by atoms with Crippen LogP contribution in [-0.4, -0.2) is 44.5 Å². The van der Waals surface area contributed by atoms with Crippen molar-refractivity contribution in [3.63, 3.8) is 0 Å². The summed E-state index contributed by atoms with van der Waals surface area (Å²) >= 11 is 0. The van der Waals surface area contributed by atoms with Gasteiger partial charge in [0.15, 0.2) is 0 Å². The number of rotatable bonds is 8. The van der Waals surface area contributed by atoms with Gasteiger partial charge in [-0.3, -0.25) is 4.79 Å². The normalized spacial score (nSPS) is 15.4. The molecule has 0 unspecified atom stereocenters. The van der Waals surface area contributed by atoms with Gasteiger partial charge in [0, 0.05) is 24.6 Å². The summed E-state index contributed by atoms with van der Waals surface area (Å²) in [5, 5.41) is 3.95. The van der Waals surface area contributed by atoms with Gasteiger partial charge in [-0.05, 0) is 80.4 Å². The quantitative estimate of drug-likeness (QED) is 0.372. The second kappa shape index (κ2) is 10.8. The van der Waals surface area contributed by atoms with Gasteiger partial charge in [0.2, 0.25) is 15.9 Å². The number of benzene rings is 2. The molecule has 1 saturated heterocycles. The first-order valence-corrected chi connectivity index (χ1v) is 12.7. The lowest BCUT2D eigenvalue weighted by atomic mass is 9.98. The van der Waals surface area contributed by atoms with E-state index in [1.54, 1.807) is 36.4 Å². The zero-order chi connectivity index (χ0) is 24.8. The summed E-state index contributed by atoms with van der Waals surface area (Å²) in [4.78, 5) is 12.7. The molecule has 2 heterocycles. The molecule has 0 saturated carbocycles. The smallest absolute Gasteiger partial charge is 0.243 e. The Bertz CT molecular complexity index is 1280. The standard InChI is InChI=1S/C25H26FN3O5S/c1-2-33-21-7-10-23(11-8-21)35(31,32)29-15-13-19(14-16-29)25(30)28-27-17-22-9-12-24(34-22)18-3-5-20(26)6-4-18/h3-12,17,19H,2,13-16H2,1H3,(H,28,30)/b27-17+. The molecule has 4 rings (SSSR count). The molecule has 1 amide bonds. The molecule has 1 N–H and O–H groups in total. The number of nitrogens with zero attached hydrogens (tertiary/aromatic N) is 2. The van der Waals surface area contributed by atoms with E-state index < -0.39 is 10.0 Å². The number of carbonyl (C=O) groups excluding carboxylic acids is 1. The van der Waals surface area contributed by atoms with E-state index in [2.05, 4.69) is 10.5 Å². The highest BCUT2D eigenvalue weighted by Crippen LogP contribution is 2.25. The third-order valence-corrected chi connectivity index (χ3v) is 7.63. The fraction of sp³-hybridized carbons (Fsp3) is 0.280. The van der Waals surface area contributed by atoms with Gasteiger partial charge >= 0.3 is 0 Å². The lowest BCUT2D eigenvalue weighted by molar-refractivity contribution is -0.126. The van der Waals surface area contributed by atoms with E-state index in [9.17, 15) is 17.6 Å². The monoisotopic (exact) mass is 499 g/mol. The van der Waals surface area contributed by atoms with E-state index in [4.69, 9.17) is 9.15 Å². The third kappa shape index (κ3) is 5.95. The molecule has 184 valence electrons. The van der Waals surface area contributed by atoms with Crippen molar-refractivity contribution >= 4 is 22.1 Å². The van der Waals surface area contributed by atoms with Crippen molar-refractivity contribution in [3.05, 3.63) is 72.2 Å². The Morgan fingerprint density at radius 1 is 1.11 bits per heavy atom. The summed E-state index contributed by atoms with van der Waals surface area (Å²) in [6.45, 7) is 2.86. The predicted molar refractivity (Wildman–Crippen MR) is 129 cm³/mol. The van der Waals surface area contributed by atoms with Crippen molar-refractivity contribution in [1.29, 1.82) is 0 Å². The largest absolute Gasteiger partial charge is 0.494 e. The minimum atomic E-state index is -3.64. The molecule has 0 radical (unpaired) electrons. The molecule has 0 atom stereocenters. The zero-order valence-corrected chi connectivity index (χ0v) is 20.0. The Morgan fingerprint density at radius 3 is 2.46 bits per heavy atom. The van der Waals surface area contributed by atoms with Crippen molar-refractivity contribution in [2.45, 2.75) is 24.7 Å². The van der Waals surface area contributed by atoms with Crippen LogP contribution in [0.4, 0.5) is 4.39 Å². The number of furan rings is 1. The summed E-state index contributed by atoms with van der Waals surface area (Å²) in [6, 6.07) is 15.7. The molecule has 0 aliphatic carbocycles. The van der Waals surface area contributed by atoms with Crippen LogP contribution in [0.3, 0.4) is 0 Å². The van der Waals surface area contributed by atoms with Crippen LogP contribution in [0, 0.1) is 11.7 Å². The summed E-state index contributed by atoms with van der Waals surface area (Å²) in [7, 11) is -3.64. The molecular weight excluding hydrogens is 473 g/mol. The van der Waals surface area contributed by atoms with Crippen LogP contribution in [0.15, 0.2) is 75.1 Å². The molecule has 0 spiro atoms. The van der Waals surface area contributed by atoms with E-state index in [1.807, 2.05) is 6.92 Å². The number of hydrogen-bond donors (Lipinski definition) is 1. The van der Waals surface area contributed by atoms with Crippen molar-refractivity contribution in [3.8, 4) is 17.1 Å². The van der Waals surface area contributed by atoms with Gasteiger partial charge in [0.1, 0.15) is 23.1 Å². The Kier molecular flexibility index (Phi) is 7.62. The maximum absolute atomic E-state index is 13.1. The second-order valence-electron chi connectivity index (χ2n) is 8.03. The van der Waals surface area contributed by atoms with Crippen LogP contribution in [0.25, 0.3) is 11.3 Å². The van der Waals surface area contributed by atoms with E-state index in [1.165, 1.54) is 34.8 Å². The Hall–Kier alpha value is -3.50. The molecule has 3 aromatic rings. The number of amides is 1. The maximum atomic E-state index is 13.1. The number of hydrazone groups is 1. The van der Waals surface area contributed by atoms with Crippen LogP contribution in [-0.2, 0) is 14.8 Å². The average molecular weight is 500 g/mol. The first-order valence-electron chi connectivity index (χ1n) is 11.3. The number of sulfonamides is 1. The molecule has 35 heavy (non-hydrogen) atoms. The molecule has 10 heteroatoms. The van der Waals surface area contributed by atoms with Gasteiger partial charge in [0.25, 0.3) is 0 Å². The van der Waals surface area contributed by atoms with Crippen molar-refractivity contribution < 1.29 is 26.8 Å². The number of piperidine rings is 1.